The minimum Gasteiger partial charge on any atom is -0.483 e. The van der Waals surface area contributed by atoms with Crippen LogP contribution in [0.3, 0.4) is 0 Å². The van der Waals surface area contributed by atoms with Crippen LogP contribution in [0.4, 0.5) is 0 Å². The second-order valence-electron chi connectivity index (χ2n) is 5.02. The van der Waals surface area contributed by atoms with Gasteiger partial charge in [-0.2, -0.15) is 0 Å². The zero-order valence-corrected chi connectivity index (χ0v) is 13.8. The molecule has 1 amide bonds. The molecule has 0 aliphatic rings. The van der Waals surface area contributed by atoms with Gasteiger partial charge in [0, 0.05) is 17.2 Å². The van der Waals surface area contributed by atoms with E-state index in [-0.39, 0.29) is 12.5 Å². The fourth-order valence-electron chi connectivity index (χ4n) is 2.09. The maximum Gasteiger partial charge on any atom is 0.257 e. The van der Waals surface area contributed by atoms with Crippen LogP contribution in [0.25, 0.3) is 0 Å². The van der Waals surface area contributed by atoms with Gasteiger partial charge in [-0.15, -0.1) is 11.8 Å². The summed E-state index contributed by atoms with van der Waals surface area (Å²) in [4.78, 5) is 13.0. The van der Waals surface area contributed by atoms with Crippen LogP contribution in [0, 0.1) is 13.8 Å². The Labute approximate surface area is 136 Å². The highest BCUT2D eigenvalue weighted by atomic mass is 32.2. The third-order valence-corrected chi connectivity index (χ3v) is 4.21. The number of aryl methyl sites for hydroxylation is 2. The lowest BCUT2D eigenvalue weighted by Gasteiger charge is -2.11. The van der Waals surface area contributed by atoms with Gasteiger partial charge in [0.15, 0.2) is 6.61 Å². The first-order chi connectivity index (χ1) is 10.7. The van der Waals surface area contributed by atoms with Gasteiger partial charge in [0.05, 0.1) is 0 Å². The predicted molar refractivity (Wildman–Crippen MR) is 91.6 cm³/mol. The number of amides is 1. The van der Waals surface area contributed by atoms with Crippen molar-refractivity contribution in [3.8, 4) is 5.75 Å². The SMILES string of the molecule is Cc1cccc(C)c1OCC(=O)NCCSc1ccccc1. The normalized spacial score (nSPS) is 10.3. The van der Waals surface area contributed by atoms with Crippen LogP contribution in [0.15, 0.2) is 53.4 Å². The molecule has 0 fully saturated rings. The first kappa shape index (κ1) is 16.4. The summed E-state index contributed by atoms with van der Waals surface area (Å²) in [6, 6.07) is 16.1. The highest BCUT2D eigenvalue weighted by Gasteiger charge is 2.06. The summed E-state index contributed by atoms with van der Waals surface area (Å²) in [6.45, 7) is 4.66. The lowest BCUT2D eigenvalue weighted by atomic mass is 10.1. The minimum absolute atomic E-state index is 0.0572. The third-order valence-electron chi connectivity index (χ3n) is 3.19. The lowest BCUT2D eigenvalue weighted by Crippen LogP contribution is -2.30. The highest BCUT2D eigenvalue weighted by molar-refractivity contribution is 7.99. The van der Waals surface area contributed by atoms with Gasteiger partial charge in [-0.1, -0.05) is 36.4 Å². The average molecular weight is 315 g/mol. The van der Waals surface area contributed by atoms with E-state index in [1.165, 1.54) is 4.90 Å². The van der Waals surface area contributed by atoms with Crippen molar-refractivity contribution in [2.45, 2.75) is 18.7 Å². The molecule has 0 saturated carbocycles. The van der Waals surface area contributed by atoms with Gasteiger partial charge in [0.2, 0.25) is 0 Å². The number of benzene rings is 2. The first-order valence-electron chi connectivity index (χ1n) is 7.30. The summed E-state index contributed by atoms with van der Waals surface area (Å²) in [7, 11) is 0. The number of para-hydroxylation sites is 1. The molecule has 0 unspecified atom stereocenters. The molecule has 0 heterocycles. The first-order valence-corrected chi connectivity index (χ1v) is 8.29. The lowest BCUT2D eigenvalue weighted by molar-refractivity contribution is -0.122. The molecule has 2 rings (SSSR count). The van der Waals surface area contributed by atoms with E-state index in [2.05, 4.69) is 17.4 Å². The second-order valence-corrected chi connectivity index (χ2v) is 6.19. The van der Waals surface area contributed by atoms with Crippen LogP contribution in [0.2, 0.25) is 0 Å². The summed E-state index contributed by atoms with van der Waals surface area (Å²) >= 11 is 1.73. The monoisotopic (exact) mass is 315 g/mol. The molecule has 2 aromatic rings. The molecule has 0 spiro atoms. The van der Waals surface area contributed by atoms with Crippen molar-refractivity contribution in [3.05, 3.63) is 59.7 Å². The van der Waals surface area contributed by atoms with E-state index < -0.39 is 0 Å². The van der Waals surface area contributed by atoms with Crippen molar-refractivity contribution in [2.24, 2.45) is 0 Å². The van der Waals surface area contributed by atoms with E-state index in [0.29, 0.717) is 6.54 Å². The largest absolute Gasteiger partial charge is 0.483 e. The molecule has 1 N–H and O–H groups in total. The Hall–Kier alpha value is -1.94. The van der Waals surface area contributed by atoms with Gasteiger partial charge in [-0.25, -0.2) is 0 Å². The molecule has 4 heteroatoms. The smallest absolute Gasteiger partial charge is 0.257 e. The quantitative estimate of drug-likeness (QED) is 0.627. The maximum absolute atomic E-state index is 11.8. The van der Waals surface area contributed by atoms with E-state index in [4.69, 9.17) is 4.74 Å². The van der Waals surface area contributed by atoms with E-state index in [9.17, 15) is 4.79 Å². The van der Waals surface area contributed by atoms with Crippen LogP contribution >= 0.6 is 11.8 Å². The number of carbonyl (C=O) groups excluding carboxylic acids is 1. The molecule has 0 radical (unpaired) electrons. The summed E-state index contributed by atoms with van der Waals surface area (Å²) in [5.74, 6) is 1.56. The van der Waals surface area contributed by atoms with E-state index >= 15 is 0 Å². The zero-order valence-electron chi connectivity index (χ0n) is 13.0. The predicted octanol–water partition coefficient (Wildman–Crippen LogP) is 3.59. The number of rotatable bonds is 7. The molecule has 2 aromatic carbocycles. The van der Waals surface area contributed by atoms with E-state index in [1.54, 1.807) is 11.8 Å². The van der Waals surface area contributed by atoms with E-state index in [1.807, 2.05) is 50.2 Å². The highest BCUT2D eigenvalue weighted by Crippen LogP contribution is 2.22. The number of ether oxygens (including phenoxy) is 1. The standard InChI is InChI=1S/C18H21NO2S/c1-14-7-6-8-15(2)18(14)21-13-17(20)19-11-12-22-16-9-4-3-5-10-16/h3-10H,11-13H2,1-2H3,(H,19,20). The van der Waals surface area contributed by atoms with Gasteiger partial charge in [0.25, 0.3) is 5.91 Å². The zero-order chi connectivity index (χ0) is 15.8. The van der Waals surface area contributed by atoms with Gasteiger partial charge in [-0.3, -0.25) is 4.79 Å². The van der Waals surface area contributed by atoms with Crippen molar-refractivity contribution < 1.29 is 9.53 Å². The molecule has 0 bridgehead atoms. The maximum atomic E-state index is 11.8. The van der Waals surface area contributed by atoms with Gasteiger partial charge in [0.1, 0.15) is 5.75 Å². The molecule has 116 valence electrons. The fourth-order valence-corrected chi connectivity index (χ4v) is 2.88. The van der Waals surface area contributed by atoms with Crippen LogP contribution in [0.1, 0.15) is 11.1 Å². The molecular weight excluding hydrogens is 294 g/mol. The Bertz CT molecular complexity index is 593. The van der Waals surface area contributed by atoms with Gasteiger partial charge >= 0.3 is 0 Å². The molecule has 0 aliphatic carbocycles. The number of nitrogens with one attached hydrogen (secondary N) is 1. The summed E-state index contributed by atoms with van der Waals surface area (Å²) < 4.78 is 5.63. The van der Waals surface area contributed by atoms with Crippen molar-refractivity contribution in [2.75, 3.05) is 18.9 Å². The minimum atomic E-state index is -0.0867. The van der Waals surface area contributed by atoms with Crippen LogP contribution in [0.5, 0.6) is 5.75 Å². The number of hydrogen-bond acceptors (Lipinski definition) is 3. The molecule has 3 nitrogen and oxygen atoms in total. The fraction of sp³-hybridized carbons (Fsp3) is 0.278. The molecular formula is C18H21NO2S. The van der Waals surface area contributed by atoms with Crippen LogP contribution in [-0.2, 0) is 4.79 Å². The Balaban J connectivity index is 1.68. The van der Waals surface area contributed by atoms with Gasteiger partial charge < -0.3 is 10.1 Å². The van der Waals surface area contributed by atoms with Crippen molar-refractivity contribution in [3.63, 3.8) is 0 Å². The van der Waals surface area contributed by atoms with Crippen LogP contribution in [-0.4, -0.2) is 24.8 Å². The summed E-state index contributed by atoms with van der Waals surface area (Å²) in [5, 5.41) is 2.88. The van der Waals surface area contributed by atoms with E-state index in [0.717, 1.165) is 22.6 Å². The average Bonchev–Trinajstić information content (AvgIpc) is 2.52. The Morgan fingerprint density at radius 1 is 1.05 bits per heavy atom. The summed E-state index contributed by atoms with van der Waals surface area (Å²) in [6.07, 6.45) is 0. The third kappa shape index (κ3) is 5.11. The Kier molecular flexibility index (Phi) is 6.34. The van der Waals surface area contributed by atoms with Crippen LogP contribution < -0.4 is 10.1 Å². The number of carbonyl (C=O) groups is 1. The van der Waals surface area contributed by atoms with Crippen molar-refractivity contribution in [1.29, 1.82) is 0 Å². The molecule has 0 aromatic heterocycles. The molecule has 0 atom stereocenters. The molecule has 22 heavy (non-hydrogen) atoms. The second kappa shape index (κ2) is 8.49. The molecule has 0 saturated heterocycles. The van der Waals surface area contributed by atoms with Crippen molar-refractivity contribution >= 4 is 17.7 Å². The number of hydrogen-bond donors (Lipinski definition) is 1. The number of thioether (sulfide) groups is 1. The topological polar surface area (TPSA) is 38.3 Å². The molecule has 0 aliphatic heterocycles. The Morgan fingerprint density at radius 3 is 2.41 bits per heavy atom. The summed E-state index contributed by atoms with van der Waals surface area (Å²) in [5.41, 5.74) is 2.10. The van der Waals surface area contributed by atoms with Crippen molar-refractivity contribution in [1.82, 2.24) is 5.32 Å². The Morgan fingerprint density at radius 2 is 1.73 bits per heavy atom. The van der Waals surface area contributed by atoms with Gasteiger partial charge in [-0.05, 0) is 37.1 Å².